The zero-order valence-corrected chi connectivity index (χ0v) is 12.0. The lowest BCUT2D eigenvalue weighted by Gasteiger charge is -2.07. The van der Waals surface area contributed by atoms with Crippen molar-refractivity contribution in [3.05, 3.63) is 65.0 Å². The average Bonchev–Trinajstić information content (AvgIpc) is 2.47. The van der Waals surface area contributed by atoms with Crippen LogP contribution in [0.15, 0.2) is 42.7 Å². The summed E-state index contributed by atoms with van der Waals surface area (Å²) in [6.45, 7) is 4.76. The van der Waals surface area contributed by atoms with Gasteiger partial charge >= 0.3 is 0 Å². The van der Waals surface area contributed by atoms with Crippen LogP contribution in [-0.2, 0) is 17.8 Å². The van der Waals surface area contributed by atoms with Gasteiger partial charge in [-0.1, -0.05) is 18.2 Å². The Morgan fingerprint density at radius 2 is 1.80 bits per heavy atom. The summed E-state index contributed by atoms with van der Waals surface area (Å²) in [5.74, 6) is 0.0834. The fourth-order valence-corrected chi connectivity index (χ4v) is 2.01. The zero-order chi connectivity index (χ0) is 14.4. The normalized spacial score (nSPS) is 10.3. The van der Waals surface area contributed by atoms with Crippen LogP contribution in [-0.4, -0.2) is 10.9 Å². The molecule has 104 valence electrons. The minimum Gasteiger partial charge on any atom is -0.352 e. The average molecular weight is 268 g/mol. The van der Waals surface area contributed by atoms with Crippen LogP contribution in [0.25, 0.3) is 0 Å². The van der Waals surface area contributed by atoms with Crippen LogP contribution in [0, 0.1) is 13.8 Å². The Kier molecular flexibility index (Phi) is 4.88. The maximum absolute atomic E-state index is 11.8. The number of pyridine rings is 1. The number of amides is 1. The van der Waals surface area contributed by atoms with E-state index in [1.165, 1.54) is 16.7 Å². The lowest BCUT2D eigenvalue weighted by atomic mass is 10.0. The van der Waals surface area contributed by atoms with E-state index in [1.54, 1.807) is 12.4 Å². The molecule has 0 unspecified atom stereocenters. The first-order chi connectivity index (χ1) is 9.65. The standard InChI is InChI=1S/C17H20N2O/c1-13-3-4-15(11-14(13)2)5-6-17(20)19-12-16-7-9-18-10-8-16/h3-4,7-11H,5-6,12H2,1-2H3,(H,19,20). The van der Waals surface area contributed by atoms with Crippen molar-refractivity contribution in [3.63, 3.8) is 0 Å². The quantitative estimate of drug-likeness (QED) is 0.906. The highest BCUT2D eigenvalue weighted by Crippen LogP contribution is 2.11. The highest BCUT2D eigenvalue weighted by molar-refractivity contribution is 5.76. The second-order valence-electron chi connectivity index (χ2n) is 5.05. The lowest BCUT2D eigenvalue weighted by molar-refractivity contribution is -0.121. The Labute approximate surface area is 120 Å². The van der Waals surface area contributed by atoms with E-state index < -0.39 is 0 Å². The molecule has 0 atom stereocenters. The topological polar surface area (TPSA) is 42.0 Å². The third kappa shape index (κ3) is 4.19. The molecule has 3 heteroatoms. The van der Waals surface area contributed by atoms with Crippen molar-refractivity contribution in [2.24, 2.45) is 0 Å². The van der Waals surface area contributed by atoms with Crippen molar-refractivity contribution in [2.75, 3.05) is 0 Å². The molecule has 0 bridgehead atoms. The Morgan fingerprint density at radius 3 is 2.50 bits per heavy atom. The minimum atomic E-state index is 0.0834. The van der Waals surface area contributed by atoms with Gasteiger partial charge in [0.1, 0.15) is 0 Å². The molecule has 0 saturated heterocycles. The van der Waals surface area contributed by atoms with E-state index >= 15 is 0 Å². The fourth-order valence-electron chi connectivity index (χ4n) is 2.01. The molecule has 0 radical (unpaired) electrons. The van der Waals surface area contributed by atoms with Crippen LogP contribution in [0.2, 0.25) is 0 Å². The van der Waals surface area contributed by atoms with E-state index in [-0.39, 0.29) is 5.91 Å². The molecule has 2 aromatic rings. The van der Waals surface area contributed by atoms with Gasteiger partial charge in [0.15, 0.2) is 0 Å². The molecule has 0 aliphatic carbocycles. The van der Waals surface area contributed by atoms with Gasteiger partial charge in [-0.25, -0.2) is 0 Å². The van der Waals surface area contributed by atoms with Gasteiger partial charge in [-0.2, -0.15) is 0 Å². The minimum absolute atomic E-state index is 0.0834. The summed E-state index contributed by atoms with van der Waals surface area (Å²) in [5, 5.41) is 2.93. The van der Waals surface area contributed by atoms with Crippen molar-refractivity contribution in [1.29, 1.82) is 0 Å². The molecule has 0 aliphatic rings. The molecule has 0 spiro atoms. The second kappa shape index (κ2) is 6.85. The first kappa shape index (κ1) is 14.3. The monoisotopic (exact) mass is 268 g/mol. The van der Waals surface area contributed by atoms with E-state index in [9.17, 15) is 4.79 Å². The third-order valence-electron chi connectivity index (χ3n) is 3.45. The molecular formula is C17H20N2O. The SMILES string of the molecule is Cc1ccc(CCC(=O)NCc2ccncc2)cc1C. The molecule has 0 fully saturated rings. The summed E-state index contributed by atoms with van der Waals surface area (Å²) < 4.78 is 0. The number of hydrogen-bond donors (Lipinski definition) is 1. The Bertz CT molecular complexity index is 579. The molecule has 1 amide bonds. The summed E-state index contributed by atoms with van der Waals surface area (Å²) in [5.41, 5.74) is 4.85. The summed E-state index contributed by atoms with van der Waals surface area (Å²) >= 11 is 0. The van der Waals surface area contributed by atoms with Crippen LogP contribution in [0.3, 0.4) is 0 Å². The molecular weight excluding hydrogens is 248 g/mol. The molecule has 1 aromatic carbocycles. The maximum atomic E-state index is 11.8. The van der Waals surface area contributed by atoms with Gasteiger partial charge in [0, 0.05) is 25.4 Å². The number of nitrogens with zero attached hydrogens (tertiary/aromatic N) is 1. The molecule has 1 heterocycles. The van der Waals surface area contributed by atoms with E-state index in [0.717, 1.165) is 12.0 Å². The second-order valence-corrected chi connectivity index (χ2v) is 5.05. The first-order valence-electron chi connectivity index (χ1n) is 6.87. The molecule has 2 rings (SSSR count). The number of aryl methyl sites for hydroxylation is 3. The van der Waals surface area contributed by atoms with Gasteiger partial charge in [-0.3, -0.25) is 9.78 Å². The summed E-state index contributed by atoms with van der Waals surface area (Å²) in [4.78, 5) is 15.8. The molecule has 0 aliphatic heterocycles. The fraction of sp³-hybridized carbons (Fsp3) is 0.294. The summed E-state index contributed by atoms with van der Waals surface area (Å²) in [6, 6.07) is 10.2. The van der Waals surface area contributed by atoms with E-state index in [0.29, 0.717) is 13.0 Å². The van der Waals surface area contributed by atoms with Crippen molar-refractivity contribution in [2.45, 2.75) is 33.2 Å². The van der Waals surface area contributed by atoms with Gasteiger partial charge in [-0.05, 0) is 54.7 Å². The smallest absolute Gasteiger partial charge is 0.220 e. The van der Waals surface area contributed by atoms with Gasteiger partial charge in [0.2, 0.25) is 5.91 Å². The molecule has 0 saturated carbocycles. The highest BCUT2D eigenvalue weighted by atomic mass is 16.1. The van der Waals surface area contributed by atoms with Gasteiger partial charge in [-0.15, -0.1) is 0 Å². The number of hydrogen-bond acceptors (Lipinski definition) is 2. The van der Waals surface area contributed by atoms with Crippen molar-refractivity contribution in [3.8, 4) is 0 Å². The van der Waals surface area contributed by atoms with Crippen LogP contribution in [0.5, 0.6) is 0 Å². The number of carbonyl (C=O) groups excluding carboxylic acids is 1. The first-order valence-corrected chi connectivity index (χ1v) is 6.87. The van der Waals surface area contributed by atoms with Gasteiger partial charge < -0.3 is 5.32 Å². The molecule has 20 heavy (non-hydrogen) atoms. The number of carbonyl (C=O) groups is 1. The largest absolute Gasteiger partial charge is 0.352 e. The highest BCUT2D eigenvalue weighted by Gasteiger charge is 2.03. The number of aromatic nitrogens is 1. The van der Waals surface area contributed by atoms with Gasteiger partial charge in [0.25, 0.3) is 0 Å². The van der Waals surface area contributed by atoms with Crippen molar-refractivity contribution >= 4 is 5.91 Å². The number of rotatable bonds is 5. The number of nitrogens with one attached hydrogen (secondary N) is 1. The van der Waals surface area contributed by atoms with E-state index in [2.05, 4.69) is 42.3 Å². The third-order valence-corrected chi connectivity index (χ3v) is 3.45. The van der Waals surface area contributed by atoms with Gasteiger partial charge in [0.05, 0.1) is 0 Å². The molecule has 1 N–H and O–H groups in total. The van der Waals surface area contributed by atoms with Crippen LogP contribution < -0.4 is 5.32 Å². The van der Waals surface area contributed by atoms with E-state index in [4.69, 9.17) is 0 Å². The van der Waals surface area contributed by atoms with E-state index in [1.807, 2.05) is 12.1 Å². The van der Waals surface area contributed by atoms with Crippen LogP contribution in [0.4, 0.5) is 0 Å². The number of benzene rings is 1. The van der Waals surface area contributed by atoms with Crippen LogP contribution in [0.1, 0.15) is 28.7 Å². The van der Waals surface area contributed by atoms with Crippen molar-refractivity contribution in [1.82, 2.24) is 10.3 Å². The summed E-state index contributed by atoms with van der Waals surface area (Å²) in [6.07, 6.45) is 4.77. The predicted octanol–water partition coefficient (Wildman–Crippen LogP) is 2.95. The Balaban J connectivity index is 1.79. The maximum Gasteiger partial charge on any atom is 0.220 e. The Morgan fingerprint density at radius 1 is 1.05 bits per heavy atom. The Hall–Kier alpha value is -2.16. The lowest BCUT2D eigenvalue weighted by Crippen LogP contribution is -2.23. The van der Waals surface area contributed by atoms with Crippen molar-refractivity contribution < 1.29 is 4.79 Å². The molecule has 3 nitrogen and oxygen atoms in total. The predicted molar refractivity (Wildman–Crippen MR) is 80.3 cm³/mol. The van der Waals surface area contributed by atoms with Crippen LogP contribution >= 0.6 is 0 Å². The zero-order valence-electron chi connectivity index (χ0n) is 12.0. The molecule has 1 aromatic heterocycles. The summed E-state index contributed by atoms with van der Waals surface area (Å²) in [7, 11) is 0.